The Morgan fingerprint density at radius 3 is 2.60 bits per heavy atom. The molecule has 0 aliphatic heterocycles. The van der Waals surface area contributed by atoms with Crippen LogP contribution in [0.25, 0.3) is 0 Å². The maximum absolute atomic E-state index is 11.9. The van der Waals surface area contributed by atoms with Crippen LogP contribution in [0.2, 0.25) is 0 Å². The van der Waals surface area contributed by atoms with Crippen LogP contribution in [-0.2, 0) is 10.0 Å². The Bertz CT molecular complexity index is 556. The summed E-state index contributed by atoms with van der Waals surface area (Å²) in [7, 11) is 1.74. The molecular weight excluding hydrogens is 278 g/mol. The number of hydrogen-bond acceptors (Lipinski definition) is 4. The molecule has 0 aliphatic carbocycles. The first-order valence-electron chi connectivity index (χ1n) is 6.33. The summed E-state index contributed by atoms with van der Waals surface area (Å²) in [6.07, 6.45) is 0.841. The largest absolute Gasteiger partial charge is 0.352 e. The van der Waals surface area contributed by atoms with Crippen LogP contribution in [0.3, 0.4) is 0 Å². The molecule has 1 aromatic rings. The highest BCUT2D eigenvalue weighted by Gasteiger charge is 2.13. The van der Waals surface area contributed by atoms with Crippen molar-refractivity contribution in [1.82, 2.24) is 14.9 Å². The normalized spacial score (nSPS) is 11.6. The van der Waals surface area contributed by atoms with Crippen LogP contribution in [0.1, 0.15) is 16.8 Å². The van der Waals surface area contributed by atoms with Crippen LogP contribution in [0, 0.1) is 0 Å². The topological polar surface area (TPSA) is 78.5 Å². The van der Waals surface area contributed by atoms with Crippen molar-refractivity contribution in [2.75, 3.05) is 34.2 Å². The van der Waals surface area contributed by atoms with Gasteiger partial charge in [-0.15, -0.1) is 0 Å². The Hall–Kier alpha value is -1.44. The molecule has 0 spiro atoms. The average molecular weight is 299 g/mol. The predicted octanol–water partition coefficient (Wildman–Crippen LogP) is 0.276. The van der Waals surface area contributed by atoms with Crippen LogP contribution in [0.15, 0.2) is 29.2 Å². The van der Waals surface area contributed by atoms with Gasteiger partial charge < -0.3 is 10.2 Å². The SMILES string of the molecule is CNS(=O)(=O)c1cccc(C(=O)NCCCN(C)C)c1. The number of rotatable bonds is 7. The van der Waals surface area contributed by atoms with Crippen molar-refractivity contribution in [3.63, 3.8) is 0 Å². The summed E-state index contributed by atoms with van der Waals surface area (Å²) in [5, 5.41) is 2.77. The second kappa shape index (κ2) is 7.37. The van der Waals surface area contributed by atoms with E-state index in [1.807, 2.05) is 19.0 Å². The summed E-state index contributed by atoms with van der Waals surface area (Å²) in [6.45, 7) is 1.44. The number of nitrogens with one attached hydrogen (secondary N) is 2. The highest BCUT2D eigenvalue weighted by molar-refractivity contribution is 7.89. The minimum atomic E-state index is -3.53. The molecule has 0 atom stereocenters. The highest BCUT2D eigenvalue weighted by atomic mass is 32.2. The zero-order valence-corrected chi connectivity index (χ0v) is 12.8. The third-order valence-electron chi connectivity index (χ3n) is 2.74. The number of nitrogens with zero attached hydrogens (tertiary/aromatic N) is 1. The molecule has 7 heteroatoms. The molecule has 112 valence electrons. The van der Waals surface area contributed by atoms with Gasteiger partial charge in [-0.1, -0.05) is 6.07 Å². The smallest absolute Gasteiger partial charge is 0.251 e. The Morgan fingerprint density at radius 1 is 1.30 bits per heavy atom. The number of carbonyl (C=O) groups excluding carboxylic acids is 1. The van der Waals surface area contributed by atoms with E-state index in [1.165, 1.54) is 19.2 Å². The molecule has 1 rings (SSSR count). The zero-order chi connectivity index (χ0) is 15.2. The summed E-state index contributed by atoms with van der Waals surface area (Å²) >= 11 is 0. The first-order chi connectivity index (χ1) is 9.36. The quantitative estimate of drug-likeness (QED) is 0.709. The Balaban J connectivity index is 2.68. The van der Waals surface area contributed by atoms with Gasteiger partial charge in [-0.05, 0) is 52.3 Å². The van der Waals surface area contributed by atoms with Crippen molar-refractivity contribution in [2.45, 2.75) is 11.3 Å². The van der Waals surface area contributed by atoms with E-state index < -0.39 is 10.0 Å². The number of amides is 1. The van der Waals surface area contributed by atoms with E-state index in [2.05, 4.69) is 10.0 Å². The zero-order valence-electron chi connectivity index (χ0n) is 12.0. The molecule has 1 amide bonds. The fourth-order valence-electron chi connectivity index (χ4n) is 1.62. The molecule has 6 nitrogen and oxygen atoms in total. The summed E-state index contributed by atoms with van der Waals surface area (Å²) in [5.41, 5.74) is 0.339. The summed E-state index contributed by atoms with van der Waals surface area (Å²) in [6, 6.07) is 5.97. The van der Waals surface area contributed by atoms with Crippen molar-refractivity contribution in [1.29, 1.82) is 0 Å². The summed E-state index contributed by atoms with van der Waals surface area (Å²) in [4.78, 5) is 14.0. The van der Waals surface area contributed by atoms with Gasteiger partial charge in [-0.2, -0.15) is 0 Å². The molecule has 0 unspecified atom stereocenters. The molecule has 0 bridgehead atoms. The van der Waals surface area contributed by atoms with Gasteiger partial charge in [-0.3, -0.25) is 4.79 Å². The van der Waals surface area contributed by atoms with Crippen LogP contribution < -0.4 is 10.0 Å². The Labute approximate surface area is 120 Å². The number of carbonyl (C=O) groups is 1. The van der Waals surface area contributed by atoms with E-state index in [4.69, 9.17) is 0 Å². The average Bonchev–Trinajstić information content (AvgIpc) is 2.43. The molecule has 0 aromatic heterocycles. The molecule has 0 aliphatic rings. The third kappa shape index (κ3) is 4.92. The summed E-state index contributed by atoms with van der Waals surface area (Å²) in [5.74, 6) is -0.267. The Kier molecular flexibility index (Phi) is 6.12. The number of hydrogen-bond donors (Lipinski definition) is 2. The molecule has 1 aromatic carbocycles. The van der Waals surface area contributed by atoms with E-state index in [1.54, 1.807) is 12.1 Å². The van der Waals surface area contributed by atoms with Crippen molar-refractivity contribution in [3.8, 4) is 0 Å². The van der Waals surface area contributed by atoms with Crippen LogP contribution >= 0.6 is 0 Å². The lowest BCUT2D eigenvalue weighted by molar-refractivity contribution is 0.0952. The first kappa shape index (κ1) is 16.6. The molecule has 0 fully saturated rings. The lowest BCUT2D eigenvalue weighted by Gasteiger charge is -2.10. The molecule has 0 saturated heterocycles. The molecule has 0 saturated carbocycles. The van der Waals surface area contributed by atoms with Gasteiger partial charge in [0.15, 0.2) is 0 Å². The van der Waals surface area contributed by atoms with E-state index in [-0.39, 0.29) is 10.8 Å². The maximum Gasteiger partial charge on any atom is 0.251 e. The Morgan fingerprint density at radius 2 is 2.00 bits per heavy atom. The van der Waals surface area contributed by atoms with Crippen molar-refractivity contribution >= 4 is 15.9 Å². The van der Waals surface area contributed by atoms with E-state index in [9.17, 15) is 13.2 Å². The second-order valence-electron chi connectivity index (χ2n) is 4.65. The summed E-state index contributed by atoms with van der Waals surface area (Å²) < 4.78 is 25.5. The molecular formula is C13H21N3O3S. The lowest BCUT2D eigenvalue weighted by atomic mass is 10.2. The molecule has 20 heavy (non-hydrogen) atoms. The van der Waals surface area contributed by atoms with Gasteiger partial charge in [0, 0.05) is 12.1 Å². The fourth-order valence-corrected chi connectivity index (χ4v) is 2.40. The van der Waals surface area contributed by atoms with Crippen molar-refractivity contribution in [2.24, 2.45) is 0 Å². The minimum absolute atomic E-state index is 0.0842. The first-order valence-corrected chi connectivity index (χ1v) is 7.81. The van der Waals surface area contributed by atoms with Crippen LogP contribution in [0.4, 0.5) is 0 Å². The fraction of sp³-hybridized carbons (Fsp3) is 0.462. The van der Waals surface area contributed by atoms with Crippen LogP contribution in [-0.4, -0.2) is 53.5 Å². The van der Waals surface area contributed by atoms with Gasteiger partial charge in [-0.25, -0.2) is 13.1 Å². The van der Waals surface area contributed by atoms with Crippen LogP contribution in [0.5, 0.6) is 0 Å². The van der Waals surface area contributed by atoms with Crippen molar-refractivity contribution < 1.29 is 13.2 Å². The van der Waals surface area contributed by atoms with Gasteiger partial charge in [0.05, 0.1) is 4.90 Å². The van der Waals surface area contributed by atoms with Gasteiger partial charge in [0.25, 0.3) is 5.91 Å². The monoisotopic (exact) mass is 299 g/mol. The predicted molar refractivity (Wildman–Crippen MR) is 78.2 cm³/mol. The highest BCUT2D eigenvalue weighted by Crippen LogP contribution is 2.11. The van der Waals surface area contributed by atoms with E-state index in [0.717, 1.165) is 13.0 Å². The van der Waals surface area contributed by atoms with Crippen molar-refractivity contribution in [3.05, 3.63) is 29.8 Å². The van der Waals surface area contributed by atoms with Gasteiger partial charge >= 0.3 is 0 Å². The molecule has 2 N–H and O–H groups in total. The van der Waals surface area contributed by atoms with E-state index in [0.29, 0.717) is 12.1 Å². The lowest BCUT2D eigenvalue weighted by Crippen LogP contribution is -2.27. The maximum atomic E-state index is 11.9. The second-order valence-corrected chi connectivity index (χ2v) is 6.53. The third-order valence-corrected chi connectivity index (χ3v) is 4.15. The minimum Gasteiger partial charge on any atom is -0.352 e. The van der Waals surface area contributed by atoms with E-state index >= 15 is 0 Å². The number of sulfonamides is 1. The molecule has 0 radical (unpaired) electrons. The van der Waals surface area contributed by atoms with Gasteiger partial charge in [0.1, 0.15) is 0 Å². The standard InChI is InChI=1S/C13H21N3O3S/c1-14-20(18,19)12-7-4-6-11(10-12)13(17)15-8-5-9-16(2)3/h4,6-7,10,14H,5,8-9H2,1-3H3,(H,15,17). The number of benzene rings is 1. The molecule has 0 heterocycles. The van der Waals surface area contributed by atoms with Gasteiger partial charge in [0.2, 0.25) is 10.0 Å².